The van der Waals surface area contributed by atoms with Crippen molar-refractivity contribution >= 4 is 48.9 Å². The first kappa shape index (κ1) is 14.0. The first-order valence-corrected chi connectivity index (χ1v) is 8.50. The number of thiophene rings is 1. The van der Waals surface area contributed by atoms with Crippen LogP contribution in [-0.4, -0.2) is 8.42 Å². The van der Waals surface area contributed by atoms with E-state index >= 15 is 0 Å². The molecule has 96 valence electrons. The van der Waals surface area contributed by atoms with E-state index in [4.69, 9.17) is 11.6 Å². The highest BCUT2D eigenvalue weighted by Gasteiger charge is 2.18. The monoisotopic (exact) mass is 365 g/mol. The highest BCUT2D eigenvalue weighted by molar-refractivity contribution is 9.10. The Kier molecular flexibility index (Phi) is 4.45. The molecule has 1 N–H and O–H groups in total. The average Bonchev–Trinajstić information content (AvgIpc) is 2.75. The van der Waals surface area contributed by atoms with Crippen LogP contribution in [0.4, 0.5) is 0 Å². The Morgan fingerprint density at radius 1 is 1.28 bits per heavy atom. The number of rotatable bonds is 4. The van der Waals surface area contributed by atoms with Crippen molar-refractivity contribution in [1.29, 1.82) is 0 Å². The summed E-state index contributed by atoms with van der Waals surface area (Å²) in [6, 6.07) is 8.84. The first-order chi connectivity index (χ1) is 8.50. The minimum absolute atomic E-state index is 0.173. The van der Waals surface area contributed by atoms with E-state index in [-0.39, 0.29) is 10.8 Å². The molecule has 2 rings (SSSR count). The normalized spacial score (nSPS) is 11.7. The van der Waals surface area contributed by atoms with Crippen LogP contribution in [0, 0.1) is 0 Å². The molecule has 1 aromatic carbocycles. The summed E-state index contributed by atoms with van der Waals surface area (Å²) in [7, 11) is -3.50. The zero-order valence-corrected chi connectivity index (χ0v) is 13.0. The molecule has 7 heteroatoms. The average molecular weight is 367 g/mol. The molecule has 18 heavy (non-hydrogen) atoms. The van der Waals surface area contributed by atoms with E-state index in [2.05, 4.69) is 20.7 Å². The number of benzene rings is 1. The molecule has 0 aliphatic carbocycles. The summed E-state index contributed by atoms with van der Waals surface area (Å²) in [5, 5.41) is 2.26. The van der Waals surface area contributed by atoms with Gasteiger partial charge in [0.15, 0.2) is 0 Å². The molecule has 1 heterocycles. The number of hydrogen-bond donors (Lipinski definition) is 1. The van der Waals surface area contributed by atoms with Crippen molar-refractivity contribution in [2.24, 2.45) is 0 Å². The van der Waals surface area contributed by atoms with Gasteiger partial charge in [0.2, 0.25) is 0 Å². The molecule has 0 amide bonds. The molecule has 0 atom stereocenters. The number of nitrogens with one attached hydrogen (secondary N) is 1. The van der Waals surface area contributed by atoms with Crippen molar-refractivity contribution < 1.29 is 8.42 Å². The number of sulfonamides is 1. The lowest BCUT2D eigenvalue weighted by Gasteiger charge is -2.07. The fourth-order valence-corrected chi connectivity index (χ4v) is 4.94. The molecule has 0 bridgehead atoms. The van der Waals surface area contributed by atoms with Gasteiger partial charge >= 0.3 is 0 Å². The van der Waals surface area contributed by atoms with Gasteiger partial charge in [-0.3, -0.25) is 0 Å². The molecular weight excluding hydrogens is 358 g/mol. The van der Waals surface area contributed by atoms with Gasteiger partial charge in [0.25, 0.3) is 10.0 Å². The van der Waals surface area contributed by atoms with Crippen molar-refractivity contribution in [1.82, 2.24) is 4.72 Å². The van der Waals surface area contributed by atoms with Gasteiger partial charge in [-0.15, -0.1) is 11.3 Å². The molecule has 0 aliphatic heterocycles. The maximum Gasteiger partial charge on any atom is 0.251 e. The smallest absolute Gasteiger partial charge is 0.206 e. The minimum Gasteiger partial charge on any atom is -0.206 e. The molecule has 0 spiro atoms. The fourth-order valence-electron chi connectivity index (χ4n) is 1.35. The second-order valence-corrected chi connectivity index (χ2v) is 7.61. The molecular formula is C11H9BrClNO2S2. The Bertz CT molecular complexity index is 655. The summed E-state index contributed by atoms with van der Waals surface area (Å²) >= 11 is 10.3. The van der Waals surface area contributed by atoms with Crippen LogP contribution >= 0.6 is 38.9 Å². The molecule has 0 saturated carbocycles. The van der Waals surface area contributed by atoms with E-state index in [0.29, 0.717) is 9.50 Å². The van der Waals surface area contributed by atoms with Crippen LogP contribution in [0.25, 0.3) is 0 Å². The summed E-state index contributed by atoms with van der Waals surface area (Å²) < 4.78 is 27.4. The van der Waals surface area contributed by atoms with Gasteiger partial charge in [-0.1, -0.05) is 29.8 Å². The third-order valence-electron chi connectivity index (χ3n) is 2.24. The molecule has 0 saturated heterocycles. The zero-order chi connectivity index (χ0) is 13.2. The van der Waals surface area contributed by atoms with E-state index < -0.39 is 10.0 Å². The van der Waals surface area contributed by atoms with Crippen LogP contribution in [0.1, 0.15) is 5.56 Å². The quantitative estimate of drug-likeness (QED) is 0.898. The molecule has 0 unspecified atom stereocenters. The summed E-state index contributed by atoms with van der Waals surface area (Å²) in [5.41, 5.74) is 0.746. The molecule has 0 fully saturated rings. The third kappa shape index (κ3) is 3.13. The van der Waals surface area contributed by atoms with Gasteiger partial charge in [-0.2, -0.15) is 0 Å². The standard InChI is InChI=1S/C11H9BrClNO2S2/c12-9-5-6-17-11(9)18(15,16)14-7-8-3-1-2-4-10(8)13/h1-6,14H,7H2. The van der Waals surface area contributed by atoms with Crippen molar-refractivity contribution in [3.05, 3.63) is 50.8 Å². The van der Waals surface area contributed by atoms with E-state index in [1.807, 2.05) is 6.07 Å². The predicted molar refractivity (Wildman–Crippen MR) is 77.5 cm³/mol. The lowest BCUT2D eigenvalue weighted by molar-refractivity contribution is 0.583. The third-order valence-corrected chi connectivity index (χ3v) is 6.68. The Morgan fingerprint density at radius 2 is 2.00 bits per heavy atom. The van der Waals surface area contributed by atoms with Crippen LogP contribution in [0.5, 0.6) is 0 Å². The van der Waals surface area contributed by atoms with Crippen molar-refractivity contribution in [3.63, 3.8) is 0 Å². The Labute approximate surface area is 123 Å². The van der Waals surface area contributed by atoms with Crippen molar-refractivity contribution in [2.75, 3.05) is 0 Å². The summed E-state index contributed by atoms with van der Waals surface area (Å²) in [6.07, 6.45) is 0. The maximum atomic E-state index is 12.0. The molecule has 2 aromatic rings. The Morgan fingerprint density at radius 3 is 2.61 bits per heavy atom. The van der Waals surface area contributed by atoms with Crippen LogP contribution in [0.15, 0.2) is 44.4 Å². The summed E-state index contributed by atoms with van der Waals surface area (Å²) in [4.78, 5) is 0. The van der Waals surface area contributed by atoms with E-state index in [0.717, 1.165) is 5.56 Å². The number of halogens is 2. The molecule has 3 nitrogen and oxygen atoms in total. The van der Waals surface area contributed by atoms with Crippen LogP contribution in [0.3, 0.4) is 0 Å². The van der Waals surface area contributed by atoms with Gasteiger partial charge in [0.1, 0.15) is 4.21 Å². The van der Waals surface area contributed by atoms with Gasteiger partial charge in [0.05, 0.1) is 0 Å². The molecule has 1 aromatic heterocycles. The van der Waals surface area contributed by atoms with Crippen LogP contribution in [0.2, 0.25) is 5.02 Å². The first-order valence-electron chi connectivity index (χ1n) is 4.97. The van der Waals surface area contributed by atoms with E-state index in [1.54, 1.807) is 29.6 Å². The van der Waals surface area contributed by atoms with Gasteiger partial charge < -0.3 is 0 Å². The summed E-state index contributed by atoms with van der Waals surface area (Å²) in [5.74, 6) is 0. The van der Waals surface area contributed by atoms with Gasteiger partial charge in [-0.05, 0) is 39.0 Å². The second kappa shape index (κ2) is 5.71. The van der Waals surface area contributed by atoms with Gasteiger partial charge in [-0.25, -0.2) is 13.1 Å². The van der Waals surface area contributed by atoms with Crippen LogP contribution in [-0.2, 0) is 16.6 Å². The second-order valence-electron chi connectivity index (χ2n) is 3.47. The lowest BCUT2D eigenvalue weighted by Crippen LogP contribution is -2.22. The molecule has 0 aliphatic rings. The topological polar surface area (TPSA) is 46.2 Å². The van der Waals surface area contributed by atoms with Gasteiger partial charge in [0, 0.05) is 16.0 Å². The summed E-state index contributed by atoms with van der Waals surface area (Å²) in [6.45, 7) is 0.173. The predicted octanol–water partition coefficient (Wildman–Crippen LogP) is 3.64. The van der Waals surface area contributed by atoms with Crippen molar-refractivity contribution in [3.8, 4) is 0 Å². The highest BCUT2D eigenvalue weighted by Crippen LogP contribution is 2.27. The van der Waals surface area contributed by atoms with Crippen molar-refractivity contribution in [2.45, 2.75) is 10.8 Å². The highest BCUT2D eigenvalue weighted by atomic mass is 79.9. The SMILES string of the molecule is O=S(=O)(NCc1ccccc1Cl)c1sccc1Br. The maximum absolute atomic E-state index is 12.0. The lowest BCUT2D eigenvalue weighted by atomic mass is 10.2. The Balaban J connectivity index is 2.16. The fraction of sp³-hybridized carbons (Fsp3) is 0.0909. The zero-order valence-electron chi connectivity index (χ0n) is 9.06. The largest absolute Gasteiger partial charge is 0.251 e. The van der Waals surface area contributed by atoms with Crippen LogP contribution < -0.4 is 4.72 Å². The Hall–Kier alpha value is -0.400. The van der Waals surface area contributed by atoms with E-state index in [1.165, 1.54) is 11.3 Å². The van der Waals surface area contributed by atoms with E-state index in [9.17, 15) is 8.42 Å². The minimum atomic E-state index is -3.50. The number of hydrogen-bond acceptors (Lipinski definition) is 3. The molecule has 0 radical (unpaired) electrons.